The van der Waals surface area contributed by atoms with Crippen LogP contribution in [0.5, 0.6) is 0 Å². The van der Waals surface area contributed by atoms with Crippen LogP contribution in [0.1, 0.15) is 23.2 Å². The lowest BCUT2D eigenvalue weighted by Crippen LogP contribution is -2.50. The van der Waals surface area contributed by atoms with Crippen LogP contribution in [0.15, 0.2) is 18.2 Å². The highest BCUT2D eigenvalue weighted by atomic mass is 16.6. The quantitative estimate of drug-likeness (QED) is 0.548. The molecule has 3 fully saturated rings. The third kappa shape index (κ3) is 4.33. The molecule has 162 valence electrons. The Labute approximate surface area is 175 Å². The molecule has 3 aliphatic rings. The van der Waals surface area contributed by atoms with E-state index >= 15 is 0 Å². The molecule has 3 aliphatic heterocycles. The first-order valence-electron chi connectivity index (χ1n) is 10.6. The van der Waals surface area contributed by atoms with Crippen molar-refractivity contribution >= 4 is 23.3 Å². The summed E-state index contributed by atoms with van der Waals surface area (Å²) in [6.07, 6.45) is 2.06. The summed E-state index contributed by atoms with van der Waals surface area (Å²) < 4.78 is 0. The van der Waals surface area contributed by atoms with Crippen molar-refractivity contribution in [1.29, 1.82) is 0 Å². The van der Waals surface area contributed by atoms with Crippen molar-refractivity contribution in [3.63, 3.8) is 0 Å². The van der Waals surface area contributed by atoms with Crippen molar-refractivity contribution in [1.82, 2.24) is 20.0 Å². The number of hydrogen-bond donors (Lipinski definition) is 1. The van der Waals surface area contributed by atoms with Crippen molar-refractivity contribution in [2.24, 2.45) is 0 Å². The van der Waals surface area contributed by atoms with Crippen LogP contribution in [-0.2, 0) is 0 Å². The van der Waals surface area contributed by atoms with E-state index in [9.17, 15) is 19.7 Å². The first kappa shape index (κ1) is 20.4. The maximum absolute atomic E-state index is 12.9. The molecule has 0 spiro atoms. The normalized spacial score (nSPS) is 20.0. The smallest absolute Gasteiger partial charge is 0.317 e. The van der Waals surface area contributed by atoms with Gasteiger partial charge in [0, 0.05) is 77.1 Å². The molecule has 30 heavy (non-hydrogen) atoms. The predicted octanol–water partition coefficient (Wildman–Crippen LogP) is 0.978. The number of piperazine rings is 1. The SMILES string of the molecule is O=C1NCCN1CCN1CCN(C(=O)c2ccc(N3CCCC3)c([N+](=O)[O-])c2)CC1. The number of nitro groups is 1. The van der Waals surface area contributed by atoms with E-state index in [1.54, 1.807) is 21.9 Å². The summed E-state index contributed by atoms with van der Waals surface area (Å²) in [4.78, 5) is 43.6. The Balaban J connectivity index is 1.35. The fraction of sp³-hybridized carbons (Fsp3) is 0.600. The number of amides is 3. The molecular weight excluding hydrogens is 388 g/mol. The summed E-state index contributed by atoms with van der Waals surface area (Å²) in [6, 6.07) is 4.84. The van der Waals surface area contributed by atoms with E-state index in [4.69, 9.17) is 0 Å². The zero-order valence-corrected chi connectivity index (χ0v) is 17.1. The van der Waals surface area contributed by atoms with Crippen molar-refractivity contribution in [3.05, 3.63) is 33.9 Å². The number of rotatable bonds is 6. The van der Waals surface area contributed by atoms with E-state index in [0.717, 1.165) is 52.1 Å². The van der Waals surface area contributed by atoms with Gasteiger partial charge in [0.2, 0.25) is 0 Å². The summed E-state index contributed by atoms with van der Waals surface area (Å²) in [5.74, 6) is -0.162. The second kappa shape index (κ2) is 8.86. The molecular formula is C20H28N6O4. The van der Waals surface area contributed by atoms with E-state index in [1.807, 2.05) is 4.90 Å². The molecule has 4 rings (SSSR count). The van der Waals surface area contributed by atoms with Crippen LogP contribution >= 0.6 is 0 Å². The first-order valence-corrected chi connectivity index (χ1v) is 10.6. The molecule has 3 saturated heterocycles. The topological polar surface area (TPSA) is 102 Å². The Bertz CT molecular complexity index is 818. The molecule has 1 aromatic carbocycles. The highest BCUT2D eigenvalue weighted by Gasteiger charge is 2.27. The number of nitrogens with zero attached hydrogens (tertiary/aromatic N) is 5. The molecule has 1 aromatic rings. The highest BCUT2D eigenvalue weighted by molar-refractivity contribution is 5.96. The Kier molecular flexibility index (Phi) is 6.03. The van der Waals surface area contributed by atoms with Gasteiger partial charge in [-0.25, -0.2) is 4.79 Å². The van der Waals surface area contributed by atoms with Crippen molar-refractivity contribution in [3.8, 4) is 0 Å². The van der Waals surface area contributed by atoms with Gasteiger partial charge < -0.3 is 20.0 Å². The first-order chi connectivity index (χ1) is 14.5. The molecule has 0 unspecified atom stereocenters. The van der Waals surface area contributed by atoms with Gasteiger partial charge in [-0.1, -0.05) is 0 Å². The highest BCUT2D eigenvalue weighted by Crippen LogP contribution is 2.32. The van der Waals surface area contributed by atoms with Crippen LogP contribution in [-0.4, -0.2) is 97.0 Å². The third-order valence-corrected chi connectivity index (χ3v) is 6.16. The number of anilines is 1. The summed E-state index contributed by atoms with van der Waals surface area (Å²) in [5, 5.41) is 14.4. The van der Waals surface area contributed by atoms with Gasteiger partial charge in [-0.05, 0) is 25.0 Å². The van der Waals surface area contributed by atoms with E-state index in [1.165, 1.54) is 6.07 Å². The Morgan fingerprint density at radius 1 is 1.03 bits per heavy atom. The van der Waals surface area contributed by atoms with E-state index in [0.29, 0.717) is 37.4 Å². The fourth-order valence-electron chi connectivity index (χ4n) is 4.37. The second-order valence-corrected chi connectivity index (χ2v) is 8.01. The minimum Gasteiger partial charge on any atom is -0.366 e. The number of nitrogens with one attached hydrogen (secondary N) is 1. The number of urea groups is 1. The average Bonchev–Trinajstić information content (AvgIpc) is 3.43. The van der Waals surface area contributed by atoms with E-state index in [2.05, 4.69) is 10.2 Å². The van der Waals surface area contributed by atoms with Gasteiger partial charge in [0.1, 0.15) is 5.69 Å². The van der Waals surface area contributed by atoms with E-state index in [-0.39, 0.29) is 17.6 Å². The number of hydrogen-bond acceptors (Lipinski definition) is 6. The van der Waals surface area contributed by atoms with Gasteiger partial charge in [0.15, 0.2) is 0 Å². The molecule has 10 nitrogen and oxygen atoms in total. The summed E-state index contributed by atoms with van der Waals surface area (Å²) >= 11 is 0. The fourth-order valence-corrected chi connectivity index (χ4v) is 4.37. The van der Waals surface area contributed by atoms with Crippen molar-refractivity contribution in [2.75, 3.05) is 70.3 Å². The van der Waals surface area contributed by atoms with Gasteiger partial charge in [-0.3, -0.25) is 19.8 Å². The van der Waals surface area contributed by atoms with Gasteiger partial charge in [-0.2, -0.15) is 0 Å². The van der Waals surface area contributed by atoms with E-state index < -0.39 is 4.92 Å². The second-order valence-electron chi connectivity index (χ2n) is 8.01. The molecule has 0 aromatic heterocycles. The molecule has 0 saturated carbocycles. The van der Waals surface area contributed by atoms with Gasteiger partial charge >= 0.3 is 6.03 Å². The lowest BCUT2D eigenvalue weighted by molar-refractivity contribution is -0.384. The minimum absolute atomic E-state index is 0.00488. The molecule has 3 heterocycles. The molecule has 10 heteroatoms. The van der Waals surface area contributed by atoms with Gasteiger partial charge in [-0.15, -0.1) is 0 Å². The van der Waals surface area contributed by atoms with Crippen LogP contribution < -0.4 is 10.2 Å². The van der Waals surface area contributed by atoms with Crippen molar-refractivity contribution in [2.45, 2.75) is 12.8 Å². The monoisotopic (exact) mass is 416 g/mol. The van der Waals surface area contributed by atoms with Crippen LogP contribution in [0.3, 0.4) is 0 Å². The number of carbonyl (C=O) groups is 2. The average molecular weight is 416 g/mol. The molecule has 1 N–H and O–H groups in total. The molecule has 0 atom stereocenters. The van der Waals surface area contributed by atoms with Crippen LogP contribution in [0.2, 0.25) is 0 Å². The standard InChI is InChI=1S/C20H28N6O4/c27-19(16-3-4-17(18(15-16)26(29)30)23-6-1-2-7-23)24-12-9-22(10-13-24)11-14-25-8-5-21-20(25)28/h3-4,15H,1-2,5-14H2,(H,21,28). The number of nitro benzene ring substituents is 1. The molecule has 0 bridgehead atoms. The van der Waals surface area contributed by atoms with Crippen molar-refractivity contribution < 1.29 is 14.5 Å². The maximum atomic E-state index is 12.9. The Morgan fingerprint density at radius 2 is 1.77 bits per heavy atom. The summed E-state index contributed by atoms with van der Waals surface area (Å²) in [6.45, 7) is 7.15. The van der Waals surface area contributed by atoms with Gasteiger partial charge in [0.05, 0.1) is 4.92 Å². The maximum Gasteiger partial charge on any atom is 0.317 e. The largest absolute Gasteiger partial charge is 0.366 e. The summed E-state index contributed by atoms with van der Waals surface area (Å²) in [5.41, 5.74) is 0.974. The lowest BCUT2D eigenvalue weighted by Gasteiger charge is -2.35. The zero-order valence-electron chi connectivity index (χ0n) is 17.1. The Hall–Kier alpha value is -2.88. The molecule has 3 amide bonds. The molecule has 0 radical (unpaired) electrons. The lowest BCUT2D eigenvalue weighted by atomic mass is 10.1. The predicted molar refractivity (Wildman–Crippen MR) is 112 cm³/mol. The number of benzene rings is 1. The van der Waals surface area contributed by atoms with Crippen LogP contribution in [0.25, 0.3) is 0 Å². The third-order valence-electron chi connectivity index (χ3n) is 6.16. The van der Waals surface area contributed by atoms with Crippen LogP contribution in [0.4, 0.5) is 16.2 Å². The Morgan fingerprint density at radius 3 is 2.40 bits per heavy atom. The van der Waals surface area contributed by atoms with Crippen LogP contribution in [0, 0.1) is 10.1 Å². The molecule has 0 aliphatic carbocycles. The number of carbonyl (C=O) groups excluding carboxylic acids is 2. The zero-order chi connectivity index (χ0) is 21.1. The van der Waals surface area contributed by atoms with Gasteiger partial charge in [0.25, 0.3) is 11.6 Å². The minimum atomic E-state index is -0.392. The summed E-state index contributed by atoms with van der Waals surface area (Å²) in [7, 11) is 0.